The number of ether oxygens (including phenoxy) is 3. The lowest BCUT2D eigenvalue weighted by Crippen LogP contribution is -2.15. The van der Waals surface area contributed by atoms with Gasteiger partial charge >= 0.3 is 0 Å². The van der Waals surface area contributed by atoms with Crippen LogP contribution < -0.4 is 14.8 Å². The van der Waals surface area contributed by atoms with Gasteiger partial charge < -0.3 is 19.5 Å². The fourth-order valence-electron chi connectivity index (χ4n) is 2.02. The van der Waals surface area contributed by atoms with E-state index in [4.69, 9.17) is 14.2 Å². The van der Waals surface area contributed by atoms with E-state index in [1.54, 1.807) is 14.2 Å². The second kappa shape index (κ2) is 8.12. The fraction of sp³-hybridized carbons (Fsp3) is 0.625. The Kier molecular flexibility index (Phi) is 6.15. The highest BCUT2D eigenvalue weighted by Gasteiger charge is 2.20. The molecule has 0 aromatic heterocycles. The fourth-order valence-corrected chi connectivity index (χ4v) is 2.02. The molecular formula is C16H25NO3. The average Bonchev–Trinajstić information content (AvgIpc) is 3.29. The first-order valence-corrected chi connectivity index (χ1v) is 7.35. The molecule has 0 radical (unpaired) electrons. The van der Waals surface area contributed by atoms with Gasteiger partial charge in [-0.3, -0.25) is 0 Å². The van der Waals surface area contributed by atoms with Gasteiger partial charge in [0.2, 0.25) is 0 Å². The van der Waals surface area contributed by atoms with Gasteiger partial charge in [0, 0.05) is 32.4 Å². The Morgan fingerprint density at radius 3 is 2.50 bits per heavy atom. The molecule has 0 unspecified atom stereocenters. The van der Waals surface area contributed by atoms with Crippen molar-refractivity contribution in [3.8, 4) is 11.5 Å². The topological polar surface area (TPSA) is 39.7 Å². The summed E-state index contributed by atoms with van der Waals surface area (Å²) in [4.78, 5) is 0. The Labute approximate surface area is 121 Å². The Hall–Kier alpha value is -1.26. The van der Waals surface area contributed by atoms with Crippen molar-refractivity contribution in [3.05, 3.63) is 23.8 Å². The van der Waals surface area contributed by atoms with Gasteiger partial charge in [0.15, 0.2) is 0 Å². The Morgan fingerprint density at radius 2 is 1.80 bits per heavy atom. The average molecular weight is 279 g/mol. The molecule has 1 aromatic rings. The smallest absolute Gasteiger partial charge is 0.123 e. The molecule has 112 valence electrons. The van der Waals surface area contributed by atoms with Crippen molar-refractivity contribution < 1.29 is 14.2 Å². The van der Waals surface area contributed by atoms with Crippen LogP contribution in [0.15, 0.2) is 18.2 Å². The minimum absolute atomic E-state index is 0.708. The number of nitrogens with one attached hydrogen (secondary N) is 1. The van der Waals surface area contributed by atoms with Crippen LogP contribution in [-0.4, -0.2) is 33.5 Å². The predicted molar refractivity (Wildman–Crippen MR) is 79.5 cm³/mol. The monoisotopic (exact) mass is 279 g/mol. The second-order valence-corrected chi connectivity index (χ2v) is 5.22. The molecule has 0 bridgehead atoms. The molecular weight excluding hydrogens is 254 g/mol. The molecule has 0 saturated heterocycles. The second-order valence-electron chi connectivity index (χ2n) is 5.22. The number of rotatable bonds is 10. The van der Waals surface area contributed by atoms with Gasteiger partial charge in [0.1, 0.15) is 11.5 Å². The number of benzene rings is 1. The first kappa shape index (κ1) is 15.1. The highest BCUT2D eigenvalue weighted by atomic mass is 16.5. The van der Waals surface area contributed by atoms with Crippen LogP contribution in [0.4, 0.5) is 0 Å². The van der Waals surface area contributed by atoms with Crippen LogP contribution in [0.5, 0.6) is 11.5 Å². The van der Waals surface area contributed by atoms with Gasteiger partial charge in [0.05, 0.1) is 13.7 Å². The first-order valence-electron chi connectivity index (χ1n) is 7.35. The Bertz CT molecular complexity index is 405. The molecule has 0 spiro atoms. The standard InChI is InChI=1S/C16H25NO3/c1-18-7-3-4-8-20-16-10-13(9-15(11-16)19-2)12-17-14-5-6-14/h9-11,14,17H,3-8,12H2,1-2H3. The lowest BCUT2D eigenvalue weighted by Gasteiger charge is -2.11. The number of hydrogen-bond acceptors (Lipinski definition) is 4. The summed E-state index contributed by atoms with van der Waals surface area (Å²) in [6.07, 6.45) is 4.62. The Morgan fingerprint density at radius 1 is 1.05 bits per heavy atom. The van der Waals surface area contributed by atoms with Gasteiger partial charge in [-0.05, 0) is 43.4 Å². The number of unbranched alkanes of at least 4 members (excludes halogenated alkanes) is 1. The van der Waals surface area contributed by atoms with E-state index in [-0.39, 0.29) is 0 Å². The minimum Gasteiger partial charge on any atom is -0.497 e. The van der Waals surface area contributed by atoms with E-state index in [1.807, 2.05) is 6.07 Å². The third-order valence-electron chi connectivity index (χ3n) is 3.36. The van der Waals surface area contributed by atoms with Crippen LogP contribution in [0.1, 0.15) is 31.2 Å². The Balaban J connectivity index is 1.83. The first-order chi connectivity index (χ1) is 9.81. The molecule has 0 aliphatic heterocycles. The zero-order valence-electron chi connectivity index (χ0n) is 12.5. The van der Waals surface area contributed by atoms with Crippen LogP contribution in [0.3, 0.4) is 0 Å². The maximum Gasteiger partial charge on any atom is 0.123 e. The summed E-state index contributed by atoms with van der Waals surface area (Å²) < 4.78 is 16.2. The molecule has 0 atom stereocenters. The van der Waals surface area contributed by atoms with Crippen molar-refractivity contribution in [3.63, 3.8) is 0 Å². The summed E-state index contributed by atoms with van der Waals surface area (Å²) in [5.74, 6) is 1.74. The van der Waals surface area contributed by atoms with Gasteiger partial charge in [-0.25, -0.2) is 0 Å². The van der Waals surface area contributed by atoms with Gasteiger partial charge in [-0.15, -0.1) is 0 Å². The summed E-state index contributed by atoms with van der Waals surface area (Å²) >= 11 is 0. The van der Waals surface area contributed by atoms with E-state index in [0.29, 0.717) is 12.6 Å². The summed E-state index contributed by atoms with van der Waals surface area (Å²) in [6, 6.07) is 6.80. The van der Waals surface area contributed by atoms with Crippen molar-refractivity contribution in [2.75, 3.05) is 27.4 Å². The highest BCUT2D eigenvalue weighted by molar-refractivity contribution is 5.38. The molecule has 1 aromatic carbocycles. The van der Waals surface area contributed by atoms with E-state index in [1.165, 1.54) is 18.4 Å². The zero-order chi connectivity index (χ0) is 14.2. The molecule has 1 fully saturated rings. The van der Waals surface area contributed by atoms with Crippen LogP contribution in [-0.2, 0) is 11.3 Å². The van der Waals surface area contributed by atoms with Crippen molar-refractivity contribution in [1.29, 1.82) is 0 Å². The molecule has 1 saturated carbocycles. The quantitative estimate of drug-likeness (QED) is 0.669. The highest BCUT2D eigenvalue weighted by Crippen LogP contribution is 2.24. The molecule has 0 amide bonds. The normalized spacial score (nSPS) is 14.3. The van der Waals surface area contributed by atoms with Gasteiger partial charge in [-0.1, -0.05) is 0 Å². The maximum atomic E-state index is 5.79. The maximum absolute atomic E-state index is 5.79. The SMILES string of the molecule is COCCCCOc1cc(CNC2CC2)cc(OC)c1. The lowest BCUT2D eigenvalue weighted by atomic mass is 10.2. The van der Waals surface area contributed by atoms with E-state index in [0.717, 1.165) is 37.5 Å². The van der Waals surface area contributed by atoms with Crippen LogP contribution in [0.25, 0.3) is 0 Å². The van der Waals surface area contributed by atoms with E-state index < -0.39 is 0 Å². The molecule has 2 rings (SSSR count). The van der Waals surface area contributed by atoms with Crippen molar-refractivity contribution in [2.24, 2.45) is 0 Å². The van der Waals surface area contributed by atoms with E-state index in [9.17, 15) is 0 Å². The number of methoxy groups -OCH3 is 2. The molecule has 4 nitrogen and oxygen atoms in total. The summed E-state index contributed by atoms with van der Waals surface area (Å²) in [7, 11) is 3.41. The van der Waals surface area contributed by atoms with Crippen LogP contribution >= 0.6 is 0 Å². The summed E-state index contributed by atoms with van der Waals surface area (Å²) in [6.45, 7) is 2.38. The van der Waals surface area contributed by atoms with Crippen molar-refractivity contribution >= 4 is 0 Å². The third-order valence-corrected chi connectivity index (χ3v) is 3.36. The van der Waals surface area contributed by atoms with Crippen LogP contribution in [0, 0.1) is 0 Å². The molecule has 1 aliphatic carbocycles. The lowest BCUT2D eigenvalue weighted by molar-refractivity contribution is 0.184. The van der Waals surface area contributed by atoms with Gasteiger partial charge in [0.25, 0.3) is 0 Å². The molecule has 4 heteroatoms. The molecule has 1 N–H and O–H groups in total. The van der Waals surface area contributed by atoms with Crippen molar-refractivity contribution in [1.82, 2.24) is 5.32 Å². The van der Waals surface area contributed by atoms with E-state index in [2.05, 4.69) is 17.4 Å². The zero-order valence-corrected chi connectivity index (χ0v) is 12.5. The summed E-state index contributed by atoms with van der Waals surface area (Å²) in [5, 5.41) is 3.51. The van der Waals surface area contributed by atoms with E-state index >= 15 is 0 Å². The third kappa shape index (κ3) is 5.39. The predicted octanol–water partition coefficient (Wildman–Crippen LogP) is 2.75. The van der Waals surface area contributed by atoms with Crippen LogP contribution in [0.2, 0.25) is 0 Å². The number of hydrogen-bond donors (Lipinski definition) is 1. The molecule has 0 heterocycles. The van der Waals surface area contributed by atoms with Gasteiger partial charge in [-0.2, -0.15) is 0 Å². The summed E-state index contributed by atoms with van der Waals surface area (Å²) in [5.41, 5.74) is 1.21. The molecule has 20 heavy (non-hydrogen) atoms. The molecule has 1 aliphatic rings. The van der Waals surface area contributed by atoms with Crippen molar-refractivity contribution in [2.45, 2.75) is 38.3 Å². The largest absolute Gasteiger partial charge is 0.497 e. The minimum atomic E-state index is 0.708.